The molecule has 0 fully saturated rings. The highest BCUT2D eigenvalue weighted by atomic mass is 35.5. The molecule has 4 aromatic carbocycles. The van der Waals surface area contributed by atoms with Gasteiger partial charge in [-0.15, -0.1) is 0 Å². The van der Waals surface area contributed by atoms with E-state index in [4.69, 9.17) is 4.74 Å². The van der Waals surface area contributed by atoms with E-state index in [2.05, 4.69) is 112 Å². The lowest BCUT2D eigenvalue weighted by atomic mass is 10.2. The summed E-state index contributed by atoms with van der Waals surface area (Å²) in [5.41, 5.74) is 5.36. The molecular formula is C29H30ClOP. The Kier molecular flexibility index (Phi) is 7.77. The first-order valence-electron chi connectivity index (χ1n) is 10.8. The molecule has 0 bridgehead atoms. The standard InChI is InChI=1S/C29H30OP.ClH/c1-22-12-5-8-17-27(22)31(28-18-9-6-13-23(28)2,29-19-10-7-14-24(29)3)21-25-15-11-16-26(20-25)30-4;/h5-20H,21H2,1-4H3;1H/q+1;/p-1. The summed E-state index contributed by atoms with van der Waals surface area (Å²) >= 11 is 0. The molecule has 164 valence electrons. The Morgan fingerprint density at radius 1 is 0.594 bits per heavy atom. The van der Waals surface area contributed by atoms with Gasteiger partial charge in [0.05, 0.1) is 13.3 Å². The molecule has 0 saturated carbocycles. The van der Waals surface area contributed by atoms with Gasteiger partial charge in [-0.2, -0.15) is 0 Å². The molecule has 0 aliphatic heterocycles. The Bertz CT molecular complexity index is 1090. The fourth-order valence-electron chi connectivity index (χ4n) is 4.66. The molecular weight excluding hydrogens is 431 g/mol. The molecule has 0 aliphatic carbocycles. The predicted molar refractivity (Wildman–Crippen MR) is 136 cm³/mol. The van der Waals surface area contributed by atoms with E-state index in [1.165, 1.54) is 38.2 Å². The SMILES string of the molecule is COc1cccc(C[P+](c2ccccc2C)(c2ccccc2C)c2ccccc2C)c1.[Cl-]. The number of methoxy groups -OCH3 is 1. The van der Waals surface area contributed by atoms with Gasteiger partial charge >= 0.3 is 0 Å². The van der Waals surface area contributed by atoms with Gasteiger partial charge in [-0.25, -0.2) is 0 Å². The summed E-state index contributed by atoms with van der Waals surface area (Å²) < 4.78 is 5.57. The van der Waals surface area contributed by atoms with Crippen molar-refractivity contribution in [2.75, 3.05) is 7.11 Å². The molecule has 0 radical (unpaired) electrons. The van der Waals surface area contributed by atoms with Crippen molar-refractivity contribution >= 4 is 23.2 Å². The first kappa shape index (κ1) is 24.1. The van der Waals surface area contributed by atoms with Crippen molar-refractivity contribution in [1.82, 2.24) is 0 Å². The molecule has 32 heavy (non-hydrogen) atoms. The summed E-state index contributed by atoms with van der Waals surface area (Å²) in [6, 6.07) is 35.4. The van der Waals surface area contributed by atoms with E-state index in [1.54, 1.807) is 7.11 Å². The van der Waals surface area contributed by atoms with Crippen molar-refractivity contribution in [1.29, 1.82) is 0 Å². The number of hydrogen-bond acceptors (Lipinski definition) is 1. The second-order valence-corrected chi connectivity index (χ2v) is 11.6. The monoisotopic (exact) mass is 460 g/mol. The van der Waals surface area contributed by atoms with Crippen LogP contribution in [-0.2, 0) is 6.16 Å². The highest BCUT2D eigenvalue weighted by molar-refractivity contribution is 7.95. The van der Waals surface area contributed by atoms with E-state index >= 15 is 0 Å². The minimum Gasteiger partial charge on any atom is -1.00 e. The zero-order valence-corrected chi connectivity index (χ0v) is 20.8. The van der Waals surface area contributed by atoms with Crippen LogP contribution < -0.4 is 33.1 Å². The van der Waals surface area contributed by atoms with Gasteiger partial charge in [0.1, 0.15) is 28.9 Å². The molecule has 4 aromatic rings. The third kappa shape index (κ3) is 4.46. The normalized spacial score (nSPS) is 11.0. The van der Waals surface area contributed by atoms with Gasteiger partial charge in [-0.1, -0.05) is 66.7 Å². The van der Waals surface area contributed by atoms with Gasteiger partial charge in [0, 0.05) is 0 Å². The van der Waals surface area contributed by atoms with Gasteiger partial charge in [0.15, 0.2) is 0 Å². The van der Waals surface area contributed by atoms with E-state index in [-0.39, 0.29) is 12.4 Å². The molecule has 0 aliphatic rings. The van der Waals surface area contributed by atoms with E-state index in [9.17, 15) is 0 Å². The number of benzene rings is 4. The lowest BCUT2D eigenvalue weighted by Gasteiger charge is -2.31. The topological polar surface area (TPSA) is 9.23 Å². The fraction of sp³-hybridized carbons (Fsp3) is 0.172. The number of hydrogen-bond donors (Lipinski definition) is 0. The largest absolute Gasteiger partial charge is 1.00 e. The Labute approximate surface area is 199 Å². The first-order valence-corrected chi connectivity index (χ1v) is 12.7. The summed E-state index contributed by atoms with van der Waals surface area (Å²) in [7, 11) is -0.232. The lowest BCUT2D eigenvalue weighted by Crippen LogP contribution is -3.00. The Hall–Kier alpha value is -2.60. The van der Waals surface area contributed by atoms with Crippen molar-refractivity contribution in [2.45, 2.75) is 26.9 Å². The van der Waals surface area contributed by atoms with Crippen LogP contribution in [0.3, 0.4) is 0 Å². The fourth-order valence-corrected chi connectivity index (χ4v) is 9.75. The number of halogens is 1. The third-order valence-corrected chi connectivity index (χ3v) is 10.9. The number of ether oxygens (including phenoxy) is 1. The molecule has 0 N–H and O–H groups in total. The zero-order valence-electron chi connectivity index (χ0n) is 19.2. The van der Waals surface area contributed by atoms with Gasteiger partial charge in [0.25, 0.3) is 0 Å². The van der Waals surface area contributed by atoms with E-state index in [0.29, 0.717) is 0 Å². The van der Waals surface area contributed by atoms with Crippen molar-refractivity contribution < 1.29 is 17.1 Å². The molecule has 0 spiro atoms. The third-order valence-electron chi connectivity index (χ3n) is 6.13. The molecule has 1 nitrogen and oxygen atoms in total. The molecule has 0 atom stereocenters. The van der Waals surface area contributed by atoms with Crippen LogP contribution in [-0.4, -0.2) is 7.11 Å². The lowest BCUT2D eigenvalue weighted by molar-refractivity contribution is -0.00000665. The van der Waals surface area contributed by atoms with E-state index in [0.717, 1.165) is 11.9 Å². The van der Waals surface area contributed by atoms with Crippen LogP contribution in [0, 0.1) is 20.8 Å². The van der Waals surface area contributed by atoms with Crippen molar-refractivity contribution in [2.24, 2.45) is 0 Å². The zero-order chi connectivity index (χ0) is 21.8. The summed E-state index contributed by atoms with van der Waals surface area (Å²) in [4.78, 5) is 0. The van der Waals surface area contributed by atoms with Gasteiger partial charge in [-0.3, -0.25) is 0 Å². The maximum absolute atomic E-state index is 5.57. The smallest absolute Gasteiger partial charge is 0.119 e. The highest BCUT2D eigenvalue weighted by Crippen LogP contribution is 2.60. The second-order valence-electron chi connectivity index (χ2n) is 8.18. The van der Waals surface area contributed by atoms with Crippen molar-refractivity contribution in [3.8, 4) is 5.75 Å². The minimum atomic E-state index is -1.97. The van der Waals surface area contributed by atoms with Crippen LogP contribution in [0.5, 0.6) is 5.75 Å². The molecule has 0 heterocycles. The van der Waals surface area contributed by atoms with Crippen molar-refractivity contribution in [3.63, 3.8) is 0 Å². The van der Waals surface area contributed by atoms with Crippen LogP contribution in [0.1, 0.15) is 22.3 Å². The van der Waals surface area contributed by atoms with Crippen LogP contribution in [0.25, 0.3) is 0 Å². The molecule has 0 amide bonds. The quantitative estimate of drug-likeness (QED) is 0.402. The predicted octanol–water partition coefficient (Wildman–Crippen LogP) is 3.12. The number of rotatable bonds is 6. The maximum atomic E-state index is 5.57. The molecule has 0 saturated heterocycles. The average molecular weight is 461 g/mol. The summed E-state index contributed by atoms with van der Waals surface area (Å²) in [6.07, 6.45) is 0.963. The molecule has 0 unspecified atom stereocenters. The van der Waals surface area contributed by atoms with E-state index in [1.807, 2.05) is 6.07 Å². The molecule has 0 aromatic heterocycles. The van der Waals surface area contributed by atoms with Gasteiger partial charge in [0.2, 0.25) is 0 Å². The number of aryl methyl sites for hydroxylation is 3. The van der Waals surface area contributed by atoms with Crippen molar-refractivity contribution in [3.05, 3.63) is 119 Å². The van der Waals surface area contributed by atoms with Crippen LogP contribution in [0.15, 0.2) is 97.1 Å². The van der Waals surface area contributed by atoms with Crippen LogP contribution >= 0.6 is 7.26 Å². The second kappa shape index (κ2) is 10.3. The Balaban J connectivity index is 0.00000289. The first-order chi connectivity index (χ1) is 15.1. The highest BCUT2D eigenvalue weighted by Gasteiger charge is 2.48. The Morgan fingerprint density at radius 3 is 1.44 bits per heavy atom. The van der Waals surface area contributed by atoms with Crippen LogP contribution in [0.2, 0.25) is 0 Å². The molecule has 4 rings (SSSR count). The Morgan fingerprint density at radius 2 is 1.03 bits per heavy atom. The summed E-state index contributed by atoms with van der Waals surface area (Å²) in [5, 5.41) is 4.38. The average Bonchev–Trinajstić information content (AvgIpc) is 2.79. The van der Waals surface area contributed by atoms with Gasteiger partial charge < -0.3 is 17.1 Å². The summed E-state index contributed by atoms with van der Waals surface area (Å²) in [5.74, 6) is 0.912. The molecule has 3 heteroatoms. The van der Waals surface area contributed by atoms with E-state index < -0.39 is 7.26 Å². The maximum Gasteiger partial charge on any atom is 0.119 e. The summed E-state index contributed by atoms with van der Waals surface area (Å²) in [6.45, 7) is 6.77. The van der Waals surface area contributed by atoms with Gasteiger partial charge in [-0.05, 0) is 73.4 Å². The minimum absolute atomic E-state index is 0. The van der Waals surface area contributed by atoms with Crippen LogP contribution in [0.4, 0.5) is 0 Å².